The average molecular weight is 227 g/mol. The monoisotopic (exact) mass is 227 g/mol. The highest BCUT2D eigenvalue weighted by Crippen LogP contribution is 2.33. The Morgan fingerprint density at radius 2 is 1.75 bits per heavy atom. The van der Waals surface area contributed by atoms with Crippen molar-refractivity contribution < 1.29 is 4.74 Å². The zero-order valence-corrected chi connectivity index (χ0v) is 11.5. The molecule has 1 saturated carbocycles. The van der Waals surface area contributed by atoms with E-state index in [2.05, 4.69) is 27.7 Å². The van der Waals surface area contributed by atoms with Crippen molar-refractivity contribution in [2.75, 3.05) is 6.61 Å². The molecule has 2 atom stereocenters. The fourth-order valence-electron chi connectivity index (χ4n) is 2.88. The van der Waals surface area contributed by atoms with Crippen molar-refractivity contribution in [3.63, 3.8) is 0 Å². The van der Waals surface area contributed by atoms with Gasteiger partial charge in [0.2, 0.25) is 0 Å². The summed E-state index contributed by atoms with van der Waals surface area (Å²) >= 11 is 0. The first kappa shape index (κ1) is 14.0. The minimum Gasteiger partial charge on any atom is -0.376 e. The number of nitrogens with two attached hydrogens (primary N) is 1. The molecule has 1 fully saturated rings. The zero-order valence-electron chi connectivity index (χ0n) is 11.5. The van der Waals surface area contributed by atoms with E-state index in [0.29, 0.717) is 5.92 Å². The van der Waals surface area contributed by atoms with Crippen molar-refractivity contribution in [2.45, 2.75) is 71.9 Å². The molecule has 96 valence electrons. The van der Waals surface area contributed by atoms with E-state index in [4.69, 9.17) is 10.5 Å². The third kappa shape index (κ3) is 3.74. The second-order valence-electron chi connectivity index (χ2n) is 6.22. The SMILES string of the molecule is CCOC(C(N)C1CCCCC1)C(C)(C)C. The summed E-state index contributed by atoms with van der Waals surface area (Å²) in [5.74, 6) is 0.671. The maximum absolute atomic E-state index is 6.44. The van der Waals surface area contributed by atoms with Crippen molar-refractivity contribution in [1.29, 1.82) is 0 Å². The standard InChI is InChI=1S/C14H29NO/c1-5-16-13(14(2,3)4)12(15)11-9-7-6-8-10-11/h11-13H,5-10,15H2,1-4H3. The van der Waals surface area contributed by atoms with Gasteiger partial charge in [-0.1, -0.05) is 40.0 Å². The summed E-state index contributed by atoms with van der Waals surface area (Å²) < 4.78 is 5.90. The molecule has 0 aromatic rings. The van der Waals surface area contributed by atoms with Crippen LogP contribution in [0.25, 0.3) is 0 Å². The van der Waals surface area contributed by atoms with Gasteiger partial charge in [0.25, 0.3) is 0 Å². The fraction of sp³-hybridized carbons (Fsp3) is 1.00. The first-order valence-electron chi connectivity index (χ1n) is 6.84. The van der Waals surface area contributed by atoms with E-state index < -0.39 is 0 Å². The number of hydrogen-bond acceptors (Lipinski definition) is 2. The van der Waals surface area contributed by atoms with Crippen LogP contribution in [0.3, 0.4) is 0 Å². The molecule has 0 aromatic heterocycles. The first-order chi connectivity index (χ1) is 7.46. The average Bonchev–Trinajstić information content (AvgIpc) is 2.25. The highest BCUT2D eigenvalue weighted by atomic mass is 16.5. The molecule has 2 N–H and O–H groups in total. The number of rotatable bonds is 4. The summed E-state index contributed by atoms with van der Waals surface area (Å²) in [4.78, 5) is 0. The van der Waals surface area contributed by atoms with Crippen LogP contribution in [-0.4, -0.2) is 18.8 Å². The molecule has 0 radical (unpaired) electrons. The number of hydrogen-bond donors (Lipinski definition) is 1. The topological polar surface area (TPSA) is 35.2 Å². The van der Waals surface area contributed by atoms with E-state index >= 15 is 0 Å². The molecule has 0 bridgehead atoms. The van der Waals surface area contributed by atoms with Gasteiger partial charge >= 0.3 is 0 Å². The van der Waals surface area contributed by atoms with Crippen molar-refractivity contribution in [3.05, 3.63) is 0 Å². The Bertz CT molecular complexity index is 191. The maximum atomic E-state index is 6.44. The molecular weight excluding hydrogens is 198 g/mol. The Labute approximate surface area is 101 Å². The summed E-state index contributed by atoms with van der Waals surface area (Å²) in [5, 5.41) is 0. The molecule has 0 aromatic carbocycles. The zero-order chi connectivity index (χ0) is 12.2. The van der Waals surface area contributed by atoms with Crippen LogP contribution >= 0.6 is 0 Å². The third-order valence-corrected chi connectivity index (χ3v) is 3.74. The lowest BCUT2D eigenvalue weighted by Crippen LogP contribution is -2.50. The summed E-state index contributed by atoms with van der Waals surface area (Å²) in [6.45, 7) is 9.52. The van der Waals surface area contributed by atoms with E-state index in [1.165, 1.54) is 32.1 Å². The van der Waals surface area contributed by atoms with Crippen LogP contribution < -0.4 is 5.73 Å². The van der Waals surface area contributed by atoms with Crippen molar-refractivity contribution in [2.24, 2.45) is 17.1 Å². The lowest BCUT2D eigenvalue weighted by molar-refractivity contribution is -0.0429. The molecule has 1 rings (SSSR count). The quantitative estimate of drug-likeness (QED) is 0.799. The molecule has 1 aliphatic carbocycles. The lowest BCUT2D eigenvalue weighted by atomic mass is 9.75. The van der Waals surface area contributed by atoms with E-state index in [1.807, 2.05) is 0 Å². The van der Waals surface area contributed by atoms with Crippen molar-refractivity contribution in [3.8, 4) is 0 Å². The van der Waals surface area contributed by atoms with Gasteiger partial charge in [0.05, 0.1) is 6.10 Å². The molecule has 2 heteroatoms. The highest BCUT2D eigenvalue weighted by Gasteiger charge is 2.35. The molecule has 2 unspecified atom stereocenters. The smallest absolute Gasteiger partial charge is 0.0776 e. The molecule has 0 amide bonds. The maximum Gasteiger partial charge on any atom is 0.0776 e. The Morgan fingerprint density at radius 1 is 1.19 bits per heavy atom. The molecule has 0 saturated heterocycles. The van der Waals surface area contributed by atoms with Crippen LogP contribution in [0.4, 0.5) is 0 Å². The molecule has 16 heavy (non-hydrogen) atoms. The minimum absolute atomic E-state index is 0.146. The Kier molecular flexibility index (Phi) is 5.26. The van der Waals surface area contributed by atoms with E-state index in [1.54, 1.807) is 0 Å². The molecule has 2 nitrogen and oxygen atoms in total. The van der Waals surface area contributed by atoms with E-state index in [0.717, 1.165) is 6.61 Å². The molecular formula is C14H29NO. The summed E-state index contributed by atoms with van der Waals surface area (Å²) in [5.41, 5.74) is 6.59. The fourth-order valence-corrected chi connectivity index (χ4v) is 2.88. The van der Waals surface area contributed by atoms with Crippen LogP contribution in [0.5, 0.6) is 0 Å². The number of ether oxygens (including phenoxy) is 1. The summed E-state index contributed by atoms with van der Waals surface area (Å²) in [6, 6.07) is 0.209. The first-order valence-corrected chi connectivity index (χ1v) is 6.84. The van der Waals surface area contributed by atoms with Gasteiger partial charge in [0, 0.05) is 12.6 Å². The van der Waals surface area contributed by atoms with Crippen LogP contribution in [0, 0.1) is 11.3 Å². The second-order valence-corrected chi connectivity index (χ2v) is 6.22. The molecule has 1 aliphatic rings. The van der Waals surface area contributed by atoms with Gasteiger partial charge in [-0.3, -0.25) is 0 Å². The van der Waals surface area contributed by atoms with E-state index in [9.17, 15) is 0 Å². The van der Waals surface area contributed by atoms with Gasteiger partial charge in [0.15, 0.2) is 0 Å². The highest BCUT2D eigenvalue weighted by molar-refractivity contribution is 4.89. The normalized spacial score (nSPS) is 23.1. The lowest BCUT2D eigenvalue weighted by Gasteiger charge is -2.39. The van der Waals surface area contributed by atoms with Gasteiger partial charge in [-0.05, 0) is 31.1 Å². The largest absolute Gasteiger partial charge is 0.376 e. The van der Waals surface area contributed by atoms with Gasteiger partial charge < -0.3 is 10.5 Å². The van der Waals surface area contributed by atoms with Crippen LogP contribution in [0.1, 0.15) is 59.8 Å². The van der Waals surface area contributed by atoms with Gasteiger partial charge in [-0.2, -0.15) is 0 Å². The summed E-state index contributed by atoms with van der Waals surface area (Å²) in [7, 11) is 0. The Hall–Kier alpha value is -0.0800. The van der Waals surface area contributed by atoms with Crippen molar-refractivity contribution in [1.82, 2.24) is 0 Å². The predicted molar refractivity (Wildman–Crippen MR) is 69.4 cm³/mol. The Morgan fingerprint density at radius 3 is 2.19 bits per heavy atom. The molecule has 0 aliphatic heterocycles. The second kappa shape index (κ2) is 6.02. The van der Waals surface area contributed by atoms with Gasteiger partial charge in [-0.15, -0.1) is 0 Å². The predicted octanol–water partition coefficient (Wildman–Crippen LogP) is 3.35. The minimum atomic E-state index is 0.146. The van der Waals surface area contributed by atoms with Crippen LogP contribution in [-0.2, 0) is 4.74 Å². The van der Waals surface area contributed by atoms with Crippen LogP contribution in [0.2, 0.25) is 0 Å². The van der Waals surface area contributed by atoms with Crippen LogP contribution in [0.15, 0.2) is 0 Å². The Balaban J connectivity index is 2.61. The van der Waals surface area contributed by atoms with Gasteiger partial charge in [0.1, 0.15) is 0 Å². The van der Waals surface area contributed by atoms with Gasteiger partial charge in [-0.25, -0.2) is 0 Å². The van der Waals surface area contributed by atoms with Crippen molar-refractivity contribution >= 4 is 0 Å². The molecule has 0 heterocycles. The molecule has 0 spiro atoms. The third-order valence-electron chi connectivity index (χ3n) is 3.74. The summed E-state index contributed by atoms with van der Waals surface area (Å²) in [6.07, 6.45) is 6.86. The van der Waals surface area contributed by atoms with E-state index in [-0.39, 0.29) is 17.6 Å².